The number of benzene rings is 3. The number of methoxy groups -OCH3 is 2. The second kappa shape index (κ2) is 8.81. The van der Waals surface area contributed by atoms with Crippen molar-refractivity contribution in [1.29, 1.82) is 0 Å². The lowest BCUT2D eigenvalue weighted by Crippen LogP contribution is -2.31. The molecule has 0 bridgehead atoms. The molecule has 0 fully saturated rings. The first kappa shape index (κ1) is 21.4. The Balaban J connectivity index is 1.39. The van der Waals surface area contributed by atoms with Gasteiger partial charge in [-0.3, -0.25) is 9.69 Å². The number of hydrogen-bond donors (Lipinski definition) is 0. The summed E-state index contributed by atoms with van der Waals surface area (Å²) in [5, 5.41) is 0.639. The summed E-state index contributed by atoms with van der Waals surface area (Å²) in [4.78, 5) is 15.1. The molecule has 2 heterocycles. The van der Waals surface area contributed by atoms with E-state index in [0.717, 1.165) is 22.4 Å². The third-order valence-electron chi connectivity index (χ3n) is 5.70. The number of rotatable bonds is 5. The third kappa shape index (κ3) is 4.15. The average Bonchev–Trinajstić information content (AvgIpc) is 3.16. The highest BCUT2D eigenvalue weighted by Crippen LogP contribution is 2.42. The fourth-order valence-electron chi connectivity index (χ4n) is 4.05. The summed E-state index contributed by atoms with van der Waals surface area (Å²) in [6.45, 7) is 1.67. The molecule has 5 rings (SSSR count). The molecule has 2 aliphatic heterocycles. The van der Waals surface area contributed by atoms with Crippen molar-refractivity contribution in [3.05, 3.63) is 87.6 Å². The number of carbonyl (C=O) groups is 1. The number of ether oxygens (including phenoxy) is 4. The van der Waals surface area contributed by atoms with Gasteiger partial charge in [0.15, 0.2) is 17.3 Å². The summed E-state index contributed by atoms with van der Waals surface area (Å²) in [5.74, 6) is 2.82. The van der Waals surface area contributed by atoms with E-state index in [-0.39, 0.29) is 11.5 Å². The van der Waals surface area contributed by atoms with Gasteiger partial charge in [0.1, 0.15) is 18.2 Å². The molecule has 0 N–H and O–H groups in total. The maximum Gasteiger partial charge on any atom is 0.231 e. The van der Waals surface area contributed by atoms with E-state index in [1.807, 2.05) is 36.4 Å². The summed E-state index contributed by atoms with van der Waals surface area (Å²) < 4.78 is 22.8. The van der Waals surface area contributed by atoms with Crippen molar-refractivity contribution in [1.82, 2.24) is 4.90 Å². The number of carbonyl (C=O) groups excluding carboxylic acids is 1. The molecule has 33 heavy (non-hydrogen) atoms. The molecule has 7 heteroatoms. The zero-order chi connectivity index (χ0) is 22.9. The van der Waals surface area contributed by atoms with Crippen molar-refractivity contribution in [2.45, 2.75) is 13.1 Å². The van der Waals surface area contributed by atoms with Crippen LogP contribution in [0.15, 0.2) is 60.4 Å². The maximum atomic E-state index is 13.0. The molecule has 3 aromatic rings. The third-order valence-corrected chi connectivity index (χ3v) is 5.96. The van der Waals surface area contributed by atoms with E-state index in [2.05, 4.69) is 4.90 Å². The molecular formula is C26H22ClNO5. The number of ketones is 1. The van der Waals surface area contributed by atoms with Crippen molar-refractivity contribution >= 4 is 23.5 Å². The topological polar surface area (TPSA) is 57.2 Å². The van der Waals surface area contributed by atoms with Gasteiger partial charge in [0, 0.05) is 18.1 Å². The van der Waals surface area contributed by atoms with Gasteiger partial charge in [0.25, 0.3) is 0 Å². The number of halogens is 1. The molecule has 168 valence electrons. The second-order valence-corrected chi connectivity index (χ2v) is 8.30. The Hall–Kier alpha value is -3.48. The van der Waals surface area contributed by atoms with Crippen LogP contribution in [0.4, 0.5) is 0 Å². The van der Waals surface area contributed by atoms with Crippen molar-refractivity contribution in [3.63, 3.8) is 0 Å². The van der Waals surface area contributed by atoms with Gasteiger partial charge in [-0.05, 0) is 53.6 Å². The predicted octanol–water partition coefficient (Wildman–Crippen LogP) is 5.33. The van der Waals surface area contributed by atoms with E-state index in [9.17, 15) is 4.79 Å². The van der Waals surface area contributed by atoms with Crippen molar-refractivity contribution in [3.8, 4) is 23.0 Å². The Morgan fingerprint density at radius 1 is 1.03 bits per heavy atom. The molecular weight excluding hydrogens is 442 g/mol. The summed E-state index contributed by atoms with van der Waals surface area (Å²) in [6, 6.07) is 16.7. The van der Waals surface area contributed by atoms with Crippen LogP contribution in [0.5, 0.6) is 23.0 Å². The van der Waals surface area contributed by atoms with Crippen LogP contribution < -0.4 is 18.9 Å². The molecule has 0 amide bonds. The van der Waals surface area contributed by atoms with E-state index in [1.165, 1.54) is 0 Å². The van der Waals surface area contributed by atoms with Gasteiger partial charge in [-0.2, -0.15) is 0 Å². The Morgan fingerprint density at radius 3 is 2.58 bits per heavy atom. The normalized spacial score (nSPS) is 16.1. The Bertz CT molecular complexity index is 1250. The van der Waals surface area contributed by atoms with Gasteiger partial charge < -0.3 is 18.9 Å². The summed E-state index contributed by atoms with van der Waals surface area (Å²) in [5.41, 5.74) is 3.32. The molecule has 3 aromatic carbocycles. The SMILES string of the molecule is COc1ccc(CN2COc3ccc4c(c3C2)O/C(=C\c2ccc(Cl)cc2)C4=O)cc1OC. The number of fused-ring (bicyclic) bond motifs is 3. The van der Waals surface area contributed by atoms with Crippen molar-refractivity contribution in [2.75, 3.05) is 21.0 Å². The molecule has 0 spiro atoms. The van der Waals surface area contributed by atoms with E-state index in [0.29, 0.717) is 47.7 Å². The van der Waals surface area contributed by atoms with Gasteiger partial charge in [-0.25, -0.2) is 0 Å². The second-order valence-electron chi connectivity index (χ2n) is 7.86. The zero-order valence-corrected chi connectivity index (χ0v) is 19.0. The lowest BCUT2D eigenvalue weighted by atomic mass is 10.0. The molecule has 0 unspecified atom stereocenters. The van der Waals surface area contributed by atoms with E-state index < -0.39 is 0 Å². The molecule has 0 aromatic heterocycles. The van der Waals surface area contributed by atoms with Gasteiger partial charge >= 0.3 is 0 Å². The van der Waals surface area contributed by atoms with Crippen LogP contribution in [0, 0.1) is 0 Å². The van der Waals surface area contributed by atoms with E-state index >= 15 is 0 Å². The van der Waals surface area contributed by atoms with Crippen LogP contribution in [-0.4, -0.2) is 31.6 Å². The number of allylic oxidation sites excluding steroid dienone is 1. The van der Waals surface area contributed by atoms with Crippen LogP contribution in [0.25, 0.3) is 6.08 Å². The summed E-state index contributed by atoms with van der Waals surface area (Å²) >= 11 is 5.96. The lowest BCUT2D eigenvalue weighted by molar-refractivity contribution is 0.0872. The molecule has 0 saturated carbocycles. The minimum atomic E-state index is -0.139. The van der Waals surface area contributed by atoms with Gasteiger partial charge in [0.05, 0.1) is 25.3 Å². The first-order chi connectivity index (χ1) is 16.1. The van der Waals surface area contributed by atoms with Gasteiger partial charge in [-0.15, -0.1) is 0 Å². The average molecular weight is 464 g/mol. The first-order valence-corrected chi connectivity index (χ1v) is 10.9. The first-order valence-electron chi connectivity index (χ1n) is 10.5. The number of Topliss-reactive ketones (excluding diaryl/α,β-unsaturated/α-hetero) is 1. The van der Waals surface area contributed by atoms with Crippen LogP contribution in [-0.2, 0) is 13.1 Å². The van der Waals surface area contributed by atoms with Gasteiger partial charge in [0.2, 0.25) is 5.78 Å². The quantitative estimate of drug-likeness (QED) is 0.477. The highest BCUT2D eigenvalue weighted by atomic mass is 35.5. The van der Waals surface area contributed by atoms with Crippen LogP contribution in [0.3, 0.4) is 0 Å². The fourth-order valence-corrected chi connectivity index (χ4v) is 4.18. The van der Waals surface area contributed by atoms with Crippen molar-refractivity contribution in [2.24, 2.45) is 0 Å². The zero-order valence-electron chi connectivity index (χ0n) is 18.3. The Kier molecular flexibility index (Phi) is 5.70. The largest absolute Gasteiger partial charge is 0.493 e. The Labute approximate surface area is 196 Å². The fraction of sp³-hybridized carbons (Fsp3) is 0.192. The monoisotopic (exact) mass is 463 g/mol. The van der Waals surface area contributed by atoms with E-state index in [1.54, 1.807) is 38.5 Å². The van der Waals surface area contributed by atoms with Crippen molar-refractivity contribution < 1.29 is 23.7 Å². The lowest BCUT2D eigenvalue weighted by Gasteiger charge is -2.29. The molecule has 2 aliphatic rings. The maximum absolute atomic E-state index is 13.0. The summed E-state index contributed by atoms with van der Waals surface area (Å²) in [6.07, 6.45) is 1.73. The molecule has 0 atom stereocenters. The van der Waals surface area contributed by atoms with Crippen LogP contribution in [0.1, 0.15) is 27.0 Å². The predicted molar refractivity (Wildman–Crippen MR) is 125 cm³/mol. The van der Waals surface area contributed by atoms with Gasteiger partial charge in [-0.1, -0.05) is 29.8 Å². The van der Waals surface area contributed by atoms with Crippen LogP contribution >= 0.6 is 11.6 Å². The summed E-state index contributed by atoms with van der Waals surface area (Å²) in [7, 11) is 3.24. The van der Waals surface area contributed by atoms with E-state index in [4.69, 9.17) is 30.5 Å². The number of hydrogen-bond acceptors (Lipinski definition) is 6. The molecule has 0 saturated heterocycles. The minimum absolute atomic E-state index is 0.139. The Morgan fingerprint density at radius 2 is 1.82 bits per heavy atom. The minimum Gasteiger partial charge on any atom is -0.493 e. The molecule has 6 nitrogen and oxygen atoms in total. The van der Waals surface area contributed by atoms with Crippen LogP contribution in [0.2, 0.25) is 5.02 Å². The molecule has 0 radical (unpaired) electrons. The highest BCUT2D eigenvalue weighted by molar-refractivity contribution is 6.30. The smallest absolute Gasteiger partial charge is 0.231 e. The molecule has 0 aliphatic carbocycles. The highest BCUT2D eigenvalue weighted by Gasteiger charge is 2.33. The number of nitrogens with zero attached hydrogens (tertiary/aromatic N) is 1. The standard InChI is InChI=1S/C26H22ClNO5/c1-30-22-9-5-17(12-23(22)31-2)13-28-14-20-21(32-15-28)10-8-19-25(29)24(33-26(19)20)11-16-3-6-18(27)7-4-16/h3-12H,13-15H2,1-2H3/b24-11-.